The average molecular weight is 296 g/mol. The van der Waals surface area contributed by atoms with Crippen LogP contribution in [0.25, 0.3) is 0 Å². The van der Waals surface area contributed by atoms with Crippen molar-refractivity contribution in [2.75, 3.05) is 58.3 Å². The van der Waals surface area contributed by atoms with Crippen LogP contribution in [0.1, 0.15) is 16.8 Å². The zero-order valence-electron chi connectivity index (χ0n) is 12.9. The maximum absolute atomic E-state index is 11.8. The van der Waals surface area contributed by atoms with Crippen molar-refractivity contribution in [2.24, 2.45) is 0 Å². The number of carbonyl (C=O) groups is 1. The highest BCUT2D eigenvalue weighted by Crippen LogP contribution is 2.22. The molecule has 118 valence electrons. The molecule has 0 atom stereocenters. The number of anilines is 2. The number of nitrogen functional groups attached to an aromatic ring is 1. The lowest BCUT2D eigenvalue weighted by molar-refractivity contribution is 0.0288. The van der Waals surface area contributed by atoms with Crippen LogP contribution in [0, 0.1) is 0 Å². The van der Waals surface area contributed by atoms with Crippen molar-refractivity contribution in [1.82, 2.24) is 0 Å². The summed E-state index contributed by atoms with van der Waals surface area (Å²) in [4.78, 5) is 13.7. The topological polar surface area (TPSA) is 74.0 Å². The van der Waals surface area contributed by atoms with Gasteiger partial charge in [-0.15, -0.1) is 0 Å². The number of nitrogens with zero attached hydrogens (tertiary/aromatic N) is 1. The highest BCUT2D eigenvalue weighted by molar-refractivity contribution is 5.92. The van der Waals surface area contributed by atoms with Gasteiger partial charge < -0.3 is 24.8 Å². The standard InChI is InChI=1S/C15H24N2O4/c1-17(2)14-6-5-12(11-13(14)16)15(18)21-10-9-20-8-4-7-19-3/h5-6,11H,4,7-10,16H2,1-3H3. The van der Waals surface area contributed by atoms with Crippen molar-refractivity contribution in [1.29, 1.82) is 0 Å². The van der Waals surface area contributed by atoms with Crippen LogP contribution in [0.3, 0.4) is 0 Å². The summed E-state index contributed by atoms with van der Waals surface area (Å²) >= 11 is 0. The highest BCUT2D eigenvalue weighted by Gasteiger charge is 2.10. The highest BCUT2D eigenvalue weighted by atomic mass is 16.6. The fourth-order valence-electron chi connectivity index (χ4n) is 1.77. The molecule has 0 saturated heterocycles. The number of methoxy groups -OCH3 is 1. The second-order valence-electron chi connectivity index (χ2n) is 4.76. The summed E-state index contributed by atoms with van der Waals surface area (Å²) in [5.41, 5.74) is 7.75. The molecule has 0 aromatic heterocycles. The molecule has 6 heteroatoms. The Morgan fingerprint density at radius 3 is 2.57 bits per heavy atom. The fourth-order valence-corrected chi connectivity index (χ4v) is 1.77. The molecule has 21 heavy (non-hydrogen) atoms. The maximum Gasteiger partial charge on any atom is 0.338 e. The fraction of sp³-hybridized carbons (Fsp3) is 0.533. The minimum absolute atomic E-state index is 0.223. The van der Waals surface area contributed by atoms with Gasteiger partial charge in [0, 0.05) is 34.4 Å². The van der Waals surface area contributed by atoms with Crippen LogP contribution in [-0.4, -0.2) is 53.6 Å². The number of ether oxygens (including phenoxy) is 3. The Hall–Kier alpha value is -1.79. The maximum atomic E-state index is 11.8. The second kappa shape index (κ2) is 9.20. The lowest BCUT2D eigenvalue weighted by Crippen LogP contribution is -2.14. The summed E-state index contributed by atoms with van der Waals surface area (Å²) in [5, 5.41) is 0. The van der Waals surface area contributed by atoms with E-state index in [1.54, 1.807) is 25.3 Å². The van der Waals surface area contributed by atoms with Crippen LogP contribution >= 0.6 is 0 Å². The molecule has 0 aliphatic carbocycles. The van der Waals surface area contributed by atoms with Gasteiger partial charge in [-0.3, -0.25) is 0 Å². The third-order valence-electron chi connectivity index (χ3n) is 2.84. The second-order valence-corrected chi connectivity index (χ2v) is 4.76. The van der Waals surface area contributed by atoms with E-state index in [2.05, 4.69) is 0 Å². The van der Waals surface area contributed by atoms with E-state index >= 15 is 0 Å². The van der Waals surface area contributed by atoms with E-state index < -0.39 is 5.97 Å². The van der Waals surface area contributed by atoms with Crippen molar-refractivity contribution in [3.8, 4) is 0 Å². The van der Waals surface area contributed by atoms with Gasteiger partial charge >= 0.3 is 5.97 Å². The van der Waals surface area contributed by atoms with Crippen molar-refractivity contribution >= 4 is 17.3 Å². The van der Waals surface area contributed by atoms with Gasteiger partial charge in [0.1, 0.15) is 6.61 Å². The van der Waals surface area contributed by atoms with Crippen LogP contribution in [0.5, 0.6) is 0 Å². The summed E-state index contributed by atoms with van der Waals surface area (Å²) in [6.45, 7) is 1.86. The molecule has 0 radical (unpaired) electrons. The minimum atomic E-state index is -0.396. The minimum Gasteiger partial charge on any atom is -0.460 e. The number of carbonyl (C=O) groups excluding carboxylic acids is 1. The number of hydrogen-bond donors (Lipinski definition) is 1. The molecular formula is C15H24N2O4. The molecule has 6 nitrogen and oxygen atoms in total. The SMILES string of the molecule is COCCCOCCOC(=O)c1ccc(N(C)C)c(N)c1. The van der Waals surface area contributed by atoms with E-state index in [1.165, 1.54) is 0 Å². The lowest BCUT2D eigenvalue weighted by atomic mass is 10.1. The molecule has 1 aromatic rings. The monoisotopic (exact) mass is 296 g/mol. The summed E-state index contributed by atoms with van der Waals surface area (Å²) in [6.07, 6.45) is 0.826. The van der Waals surface area contributed by atoms with Crippen molar-refractivity contribution in [3.63, 3.8) is 0 Å². The molecule has 1 aromatic carbocycles. The number of esters is 1. The lowest BCUT2D eigenvalue weighted by Gasteiger charge is -2.15. The Morgan fingerprint density at radius 2 is 1.95 bits per heavy atom. The molecule has 2 N–H and O–H groups in total. The number of benzene rings is 1. The van der Waals surface area contributed by atoms with Gasteiger partial charge in [-0.2, -0.15) is 0 Å². The molecule has 0 fully saturated rings. The third kappa shape index (κ3) is 6.01. The van der Waals surface area contributed by atoms with E-state index in [-0.39, 0.29) is 6.61 Å². The zero-order chi connectivity index (χ0) is 15.7. The Morgan fingerprint density at radius 1 is 1.19 bits per heavy atom. The third-order valence-corrected chi connectivity index (χ3v) is 2.84. The quantitative estimate of drug-likeness (QED) is 0.423. The molecular weight excluding hydrogens is 272 g/mol. The average Bonchev–Trinajstić information content (AvgIpc) is 2.45. The number of hydrogen-bond acceptors (Lipinski definition) is 6. The van der Waals surface area contributed by atoms with Crippen LogP contribution in [-0.2, 0) is 14.2 Å². The van der Waals surface area contributed by atoms with Gasteiger partial charge in [-0.1, -0.05) is 0 Å². The van der Waals surface area contributed by atoms with Crippen molar-refractivity contribution in [3.05, 3.63) is 23.8 Å². The molecule has 0 bridgehead atoms. The molecule has 0 aliphatic rings. The van der Waals surface area contributed by atoms with Crippen LogP contribution in [0.2, 0.25) is 0 Å². The first-order valence-corrected chi connectivity index (χ1v) is 6.87. The number of rotatable bonds is 9. The molecule has 0 heterocycles. The Bertz CT molecular complexity index is 449. The predicted octanol–water partition coefficient (Wildman–Crippen LogP) is 1.54. The van der Waals surface area contributed by atoms with Gasteiger partial charge in [-0.05, 0) is 24.6 Å². The first-order valence-electron chi connectivity index (χ1n) is 6.87. The predicted molar refractivity (Wildman–Crippen MR) is 82.8 cm³/mol. The molecule has 0 spiro atoms. The summed E-state index contributed by atoms with van der Waals surface area (Å²) in [6, 6.07) is 5.12. The van der Waals surface area contributed by atoms with E-state index in [9.17, 15) is 4.79 Å². The molecule has 0 unspecified atom stereocenters. The van der Waals surface area contributed by atoms with Gasteiger partial charge in [0.25, 0.3) is 0 Å². The smallest absolute Gasteiger partial charge is 0.338 e. The summed E-state index contributed by atoms with van der Waals surface area (Å²) in [5.74, 6) is -0.396. The van der Waals surface area contributed by atoms with Crippen molar-refractivity contribution < 1.29 is 19.0 Å². The summed E-state index contributed by atoms with van der Waals surface area (Å²) < 4.78 is 15.3. The number of nitrogens with two attached hydrogens (primary N) is 1. The molecule has 0 aliphatic heterocycles. The zero-order valence-corrected chi connectivity index (χ0v) is 12.9. The van der Waals surface area contributed by atoms with Gasteiger partial charge in [-0.25, -0.2) is 4.79 Å². The summed E-state index contributed by atoms with van der Waals surface area (Å²) in [7, 11) is 5.43. The van der Waals surface area contributed by atoms with Crippen LogP contribution in [0.4, 0.5) is 11.4 Å². The van der Waals surface area contributed by atoms with Crippen LogP contribution < -0.4 is 10.6 Å². The molecule has 1 rings (SSSR count). The van der Waals surface area contributed by atoms with Crippen LogP contribution in [0.15, 0.2) is 18.2 Å². The Balaban J connectivity index is 2.34. The van der Waals surface area contributed by atoms with Crippen molar-refractivity contribution in [2.45, 2.75) is 6.42 Å². The Kier molecular flexibility index (Phi) is 7.56. The van der Waals surface area contributed by atoms with E-state index in [0.717, 1.165) is 12.1 Å². The van der Waals surface area contributed by atoms with Gasteiger partial charge in [0.2, 0.25) is 0 Å². The van der Waals surface area contributed by atoms with E-state index in [4.69, 9.17) is 19.9 Å². The van der Waals surface area contributed by atoms with Gasteiger partial charge in [0.05, 0.1) is 23.5 Å². The Labute approximate surface area is 125 Å². The molecule has 0 amide bonds. The molecule has 0 saturated carbocycles. The van der Waals surface area contributed by atoms with E-state index in [0.29, 0.717) is 31.1 Å². The normalized spacial score (nSPS) is 10.4. The first-order chi connectivity index (χ1) is 10.1. The first kappa shape index (κ1) is 17.3. The largest absolute Gasteiger partial charge is 0.460 e. The van der Waals surface area contributed by atoms with Gasteiger partial charge in [0.15, 0.2) is 0 Å². The van der Waals surface area contributed by atoms with E-state index in [1.807, 2.05) is 19.0 Å².